The molecule has 0 fully saturated rings. The predicted molar refractivity (Wildman–Crippen MR) is 83.5 cm³/mol. The normalized spacial score (nSPS) is 11.5. The predicted octanol–water partition coefficient (Wildman–Crippen LogP) is 2.68. The Morgan fingerprint density at radius 1 is 1.41 bits per heavy atom. The average Bonchev–Trinajstić information content (AvgIpc) is 2.48. The number of carbonyl (C=O) groups is 1. The van der Waals surface area contributed by atoms with Crippen LogP contribution in [0.15, 0.2) is 36.5 Å². The van der Waals surface area contributed by atoms with E-state index in [0.29, 0.717) is 11.3 Å². The standard InChI is InChI=1S/C15H16FN5O/c1-9(10-2-4-12(16)5-3-10)20-15(22)21-14-6-13(18)11(7-17)8-19-14/h2-9,17H,1H3,(H4,18,19,20,21,22)/t9-/m1/s1. The van der Waals surface area contributed by atoms with Gasteiger partial charge in [-0.15, -0.1) is 0 Å². The van der Waals surface area contributed by atoms with Crippen LogP contribution in [-0.4, -0.2) is 17.2 Å². The summed E-state index contributed by atoms with van der Waals surface area (Å²) in [6, 6.07) is 6.62. The Bertz CT molecular complexity index is 687. The Morgan fingerprint density at radius 3 is 2.68 bits per heavy atom. The summed E-state index contributed by atoms with van der Waals surface area (Å²) < 4.78 is 12.9. The topological polar surface area (TPSA) is 104 Å². The number of nitrogens with two attached hydrogens (primary N) is 1. The molecule has 22 heavy (non-hydrogen) atoms. The van der Waals surface area contributed by atoms with Crippen LogP contribution in [0.25, 0.3) is 0 Å². The number of anilines is 2. The van der Waals surface area contributed by atoms with Crippen molar-refractivity contribution in [3.05, 3.63) is 53.5 Å². The van der Waals surface area contributed by atoms with Gasteiger partial charge < -0.3 is 16.5 Å². The molecule has 0 aliphatic carbocycles. The molecule has 0 unspecified atom stereocenters. The summed E-state index contributed by atoms with van der Waals surface area (Å²) in [5.41, 5.74) is 7.33. The van der Waals surface area contributed by atoms with Gasteiger partial charge in [-0.2, -0.15) is 0 Å². The summed E-state index contributed by atoms with van der Waals surface area (Å²) in [5.74, 6) is -0.0433. The minimum absolute atomic E-state index is 0.284. The third kappa shape index (κ3) is 3.78. The molecule has 0 radical (unpaired) electrons. The Labute approximate surface area is 127 Å². The van der Waals surface area contributed by atoms with Crippen molar-refractivity contribution in [2.45, 2.75) is 13.0 Å². The second-order valence-electron chi connectivity index (χ2n) is 4.71. The summed E-state index contributed by atoms with van der Waals surface area (Å²) in [6.07, 6.45) is 2.49. The number of nitrogens with one attached hydrogen (secondary N) is 3. The number of hydrogen-bond donors (Lipinski definition) is 4. The molecular weight excluding hydrogens is 285 g/mol. The number of nitrogens with zero attached hydrogens (tertiary/aromatic N) is 1. The Hall–Kier alpha value is -2.96. The molecule has 1 aromatic heterocycles. The number of amides is 2. The van der Waals surface area contributed by atoms with E-state index in [1.807, 2.05) is 0 Å². The van der Waals surface area contributed by atoms with Crippen LogP contribution in [0.2, 0.25) is 0 Å². The van der Waals surface area contributed by atoms with E-state index in [9.17, 15) is 9.18 Å². The largest absolute Gasteiger partial charge is 0.398 e. The van der Waals surface area contributed by atoms with E-state index in [2.05, 4.69) is 15.6 Å². The van der Waals surface area contributed by atoms with E-state index in [4.69, 9.17) is 11.1 Å². The summed E-state index contributed by atoms with van der Waals surface area (Å²) >= 11 is 0. The fourth-order valence-electron chi connectivity index (χ4n) is 1.85. The van der Waals surface area contributed by atoms with Crippen molar-refractivity contribution in [3.63, 3.8) is 0 Å². The third-order valence-corrected chi connectivity index (χ3v) is 3.08. The maximum Gasteiger partial charge on any atom is 0.320 e. The molecular formula is C15H16FN5O. The van der Waals surface area contributed by atoms with Crippen LogP contribution in [0, 0.1) is 11.2 Å². The lowest BCUT2D eigenvalue weighted by Gasteiger charge is -2.15. The van der Waals surface area contributed by atoms with Gasteiger partial charge in [0.15, 0.2) is 0 Å². The molecule has 1 aromatic carbocycles. The monoisotopic (exact) mass is 301 g/mol. The highest BCUT2D eigenvalue weighted by atomic mass is 19.1. The van der Waals surface area contributed by atoms with Crippen molar-refractivity contribution in [1.29, 1.82) is 5.41 Å². The number of pyridine rings is 1. The lowest BCUT2D eigenvalue weighted by Crippen LogP contribution is -2.31. The summed E-state index contributed by atoms with van der Waals surface area (Å²) in [4.78, 5) is 15.9. The summed E-state index contributed by atoms with van der Waals surface area (Å²) in [5, 5.41) is 12.4. The van der Waals surface area contributed by atoms with Crippen LogP contribution in [0.5, 0.6) is 0 Å². The number of nitrogen functional groups attached to an aromatic ring is 1. The number of rotatable bonds is 4. The van der Waals surface area contributed by atoms with Crippen molar-refractivity contribution in [1.82, 2.24) is 10.3 Å². The number of hydrogen-bond acceptors (Lipinski definition) is 4. The van der Waals surface area contributed by atoms with E-state index in [1.54, 1.807) is 19.1 Å². The molecule has 2 aromatic rings. The molecule has 114 valence electrons. The highest BCUT2D eigenvalue weighted by Gasteiger charge is 2.10. The summed E-state index contributed by atoms with van der Waals surface area (Å²) in [7, 11) is 0. The fourth-order valence-corrected chi connectivity index (χ4v) is 1.85. The van der Waals surface area contributed by atoms with E-state index in [1.165, 1.54) is 24.4 Å². The first-order valence-electron chi connectivity index (χ1n) is 6.58. The van der Waals surface area contributed by atoms with E-state index >= 15 is 0 Å². The number of carbonyl (C=O) groups excluding carboxylic acids is 1. The van der Waals surface area contributed by atoms with Crippen LogP contribution < -0.4 is 16.4 Å². The van der Waals surface area contributed by atoms with Crippen molar-refractivity contribution in [3.8, 4) is 0 Å². The van der Waals surface area contributed by atoms with Crippen LogP contribution in [0.4, 0.5) is 20.7 Å². The minimum Gasteiger partial charge on any atom is -0.398 e. The van der Waals surface area contributed by atoms with Crippen LogP contribution in [0.1, 0.15) is 24.1 Å². The molecule has 6 nitrogen and oxygen atoms in total. The fraction of sp³-hybridized carbons (Fsp3) is 0.133. The van der Waals surface area contributed by atoms with Gasteiger partial charge in [-0.1, -0.05) is 12.1 Å². The highest BCUT2D eigenvalue weighted by Crippen LogP contribution is 2.15. The SMILES string of the molecule is C[C@@H](NC(=O)Nc1cc(N)c(C=N)cn1)c1ccc(F)cc1. The molecule has 0 aliphatic rings. The number of benzene rings is 1. The van der Waals surface area contributed by atoms with E-state index in [0.717, 1.165) is 11.8 Å². The molecule has 0 bridgehead atoms. The number of aromatic nitrogens is 1. The van der Waals surface area contributed by atoms with Gasteiger partial charge in [-0.3, -0.25) is 5.32 Å². The maximum atomic E-state index is 12.9. The molecule has 0 saturated carbocycles. The average molecular weight is 301 g/mol. The highest BCUT2D eigenvalue weighted by molar-refractivity contribution is 5.91. The van der Waals surface area contributed by atoms with Crippen LogP contribution in [-0.2, 0) is 0 Å². The van der Waals surface area contributed by atoms with Crippen molar-refractivity contribution < 1.29 is 9.18 Å². The second-order valence-corrected chi connectivity index (χ2v) is 4.71. The first kappa shape index (κ1) is 15.4. The van der Waals surface area contributed by atoms with Crippen LogP contribution >= 0.6 is 0 Å². The molecule has 1 atom stereocenters. The lowest BCUT2D eigenvalue weighted by molar-refractivity contribution is 0.249. The van der Waals surface area contributed by atoms with Crippen LogP contribution in [0.3, 0.4) is 0 Å². The van der Waals surface area contributed by atoms with Gasteiger partial charge in [0, 0.05) is 29.7 Å². The van der Waals surface area contributed by atoms with Crippen molar-refractivity contribution in [2.24, 2.45) is 0 Å². The Morgan fingerprint density at radius 2 is 2.09 bits per heavy atom. The van der Waals surface area contributed by atoms with Gasteiger partial charge in [0.25, 0.3) is 0 Å². The zero-order valence-corrected chi connectivity index (χ0v) is 11.9. The smallest absolute Gasteiger partial charge is 0.320 e. The molecule has 0 aliphatic heterocycles. The maximum absolute atomic E-state index is 12.9. The van der Waals surface area contributed by atoms with Crippen molar-refractivity contribution in [2.75, 3.05) is 11.1 Å². The number of urea groups is 1. The van der Waals surface area contributed by atoms with E-state index < -0.39 is 6.03 Å². The molecule has 2 amide bonds. The molecule has 0 saturated heterocycles. The molecule has 1 heterocycles. The first-order valence-corrected chi connectivity index (χ1v) is 6.58. The molecule has 5 N–H and O–H groups in total. The Balaban J connectivity index is 1.99. The molecule has 2 rings (SSSR count). The lowest BCUT2D eigenvalue weighted by atomic mass is 10.1. The van der Waals surface area contributed by atoms with Gasteiger partial charge >= 0.3 is 6.03 Å². The van der Waals surface area contributed by atoms with Crippen molar-refractivity contribution >= 4 is 23.8 Å². The zero-order chi connectivity index (χ0) is 16.1. The Kier molecular flexibility index (Phi) is 4.67. The molecule has 7 heteroatoms. The van der Waals surface area contributed by atoms with Gasteiger partial charge in [0.05, 0.1) is 6.04 Å². The molecule has 0 spiro atoms. The van der Waals surface area contributed by atoms with Gasteiger partial charge in [-0.05, 0) is 24.6 Å². The first-order chi connectivity index (χ1) is 10.5. The second kappa shape index (κ2) is 6.66. The third-order valence-electron chi connectivity index (χ3n) is 3.08. The number of halogens is 1. The van der Waals surface area contributed by atoms with Gasteiger partial charge in [-0.25, -0.2) is 14.2 Å². The van der Waals surface area contributed by atoms with Gasteiger partial charge in [0.2, 0.25) is 0 Å². The zero-order valence-electron chi connectivity index (χ0n) is 11.9. The van der Waals surface area contributed by atoms with Gasteiger partial charge in [0.1, 0.15) is 11.6 Å². The minimum atomic E-state index is -0.452. The van der Waals surface area contributed by atoms with E-state index in [-0.39, 0.29) is 17.7 Å². The quantitative estimate of drug-likeness (QED) is 0.652. The summed E-state index contributed by atoms with van der Waals surface area (Å²) in [6.45, 7) is 1.78.